The topological polar surface area (TPSA) is 38.9 Å². The quantitative estimate of drug-likeness (QED) is 0.784. The Kier molecular flexibility index (Phi) is 5.99. The fourth-order valence-corrected chi connectivity index (χ4v) is 2.47. The molecule has 2 nitrogen and oxygen atoms in total. The van der Waals surface area contributed by atoms with Gasteiger partial charge in [-0.3, -0.25) is 0 Å². The normalized spacial score (nSPS) is 13.3. The van der Waals surface area contributed by atoms with E-state index in [0.717, 1.165) is 24.5 Å². The average molecular weight is 240 g/mol. The van der Waals surface area contributed by atoms with Crippen molar-refractivity contribution in [2.75, 3.05) is 0 Å². The van der Waals surface area contributed by atoms with Gasteiger partial charge in [-0.05, 0) is 25.2 Å². The maximum atomic E-state index is 6.09. The SMILES string of the molecule is CCCCC(N)c1csc(CCC(C)C)n1. The Morgan fingerprint density at radius 1 is 1.38 bits per heavy atom. The summed E-state index contributed by atoms with van der Waals surface area (Å²) in [5, 5.41) is 3.38. The molecule has 0 amide bonds. The first-order valence-electron chi connectivity index (χ1n) is 6.33. The zero-order chi connectivity index (χ0) is 12.0. The summed E-state index contributed by atoms with van der Waals surface area (Å²) in [6, 6.07) is 0.143. The molecule has 1 aromatic heterocycles. The van der Waals surface area contributed by atoms with E-state index in [1.165, 1.54) is 24.3 Å². The molecular weight excluding hydrogens is 216 g/mol. The lowest BCUT2D eigenvalue weighted by Gasteiger charge is -2.07. The van der Waals surface area contributed by atoms with Gasteiger partial charge < -0.3 is 5.73 Å². The Morgan fingerprint density at radius 2 is 2.12 bits per heavy atom. The molecule has 0 saturated heterocycles. The van der Waals surface area contributed by atoms with Crippen LogP contribution in [-0.2, 0) is 6.42 Å². The summed E-state index contributed by atoms with van der Waals surface area (Å²) < 4.78 is 0. The summed E-state index contributed by atoms with van der Waals surface area (Å²) in [6.07, 6.45) is 5.78. The average Bonchev–Trinajstić information content (AvgIpc) is 2.71. The van der Waals surface area contributed by atoms with E-state index in [-0.39, 0.29) is 6.04 Å². The van der Waals surface area contributed by atoms with Crippen LogP contribution < -0.4 is 5.73 Å². The molecule has 1 atom stereocenters. The third-order valence-corrected chi connectivity index (χ3v) is 3.68. The molecule has 0 radical (unpaired) electrons. The van der Waals surface area contributed by atoms with Crippen LogP contribution in [0.2, 0.25) is 0 Å². The van der Waals surface area contributed by atoms with Crippen LogP contribution in [0.4, 0.5) is 0 Å². The first-order valence-corrected chi connectivity index (χ1v) is 7.21. The van der Waals surface area contributed by atoms with Gasteiger partial charge in [0.05, 0.1) is 10.7 Å². The Bertz CT molecular complexity index is 294. The van der Waals surface area contributed by atoms with Gasteiger partial charge in [0.15, 0.2) is 0 Å². The molecular formula is C13H24N2S. The molecule has 0 bridgehead atoms. The van der Waals surface area contributed by atoms with Crippen LogP contribution in [0.5, 0.6) is 0 Å². The van der Waals surface area contributed by atoms with Crippen LogP contribution in [0, 0.1) is 5.92 Å². The highest BCUT2D eigenvalue weighted by Gasteiger charge is 2.10. The maximum absolute atomic E-state index is 6.09. The van der Waals surface area contributed by atoms with E-state index in [0.29, 0.717) is 0 Å². The van der Waals surface area contributed by atoms with Crippen molar-refractivity contribution in [2.45, 2.75) is 58.9 Å². The molecule has 1 unspecified atom stereocenters. The number of nitrogens with zero attached hydrogens (tertiary/aromatic N) is 1. The molecule has 2 N–H and O–H groups in total. The van der Waals surface area contributed by atoms with Crippen molar-refractivity contribution < 1.29 is 0 Å². The molecule has 1 heterocycles. The fourth-order valence-electron chi connectivity index (χ4n) is 1.59. The molecule has 0 spiro atoms. The van der Waals surface area contributed by atoms with Gasteiger partial charge in [0, 0.05) is 11.4 Å². The van der Waals surface area contributed by atoms with E-state index < -0.39 is 0 Å². The van der Waals surface area contributed by atoms with Crippen molar-refractivity contribution in [2.24, 2.45) is 11.7 Å². The van der Waals surface area contributed by atoms with Gasteiger partial charge >= 0.3 is 0 Å². The number of nitrogens with two attached hydrogens (primary N) is 1. The molecule has 1 aromatic rings. The summed E-state index contributed by atoms with van der Waals surface area (Å²) >= 11 is 1.76. The molecule has 0 aromatic carbocycles. The number of aromatic nitrogens is 1. The summed E-state index contributed by atoms with van der Waals surface area (Å²) in [4.78, 5) is 4.63. The van der Waals surface area contributed by atoms with Crippen LogP contribution in [0.1, 0.15) is 63.2 Å². The molecule has 0 aliphatic rings. The lowest BCUT2D eigenvalue weighted by Crippen LogP contribution is -2.10. The van der Waals surface area contributed by atoms with Gasteiger partial charge in [-0.1, -0.05) is 33.6 Å². The molecule has 0 saturated carbocycles. The van der Waals surface area contributed by atoms with E-state index in [1.807, 2.05) is 0 Å². The van der Waals surface area contributed by atoms with Crippen molar-refractivity contribution in [3.63, 3.8) is 0 Å². The Balaban J connectivity index is 2.43. The molecule has 1 rings (SSSR count). The molecule has 0 aliphatic heterocycles. The number of aryl methyl sites for hydroxylation is 1. The predicted molar refractivity (Wildman–Crippen MR) is 71.7 cm³/mol. The van der Waals surface area contributed by atoms with Crippen LogP contribution in [0.25, 0.3) is 0 Å². The number of hydrogen-bond donors (Lipinski definition) is 1. The van der Waals surface area contributed by atoms with Gasteiger partial charge in [-0.2, -0.15) is 0 Å². The van der Waals surface area contributed by atoms with Crippen molar-refractivity contribution in [1.29, 1.82) is 0 Å². The number of unbranched alkanes of at least 4 members (excludes halogenated alkanes) is 1. The zero-order valence-corrected chi connectivity index (χ0v) is 11.5. The third-order valence-electron chi connectivity index (χ3n) is 2.75. The predicted octanol–water partition coefficient (Wildman–Crippen LogP) is 3.92. The standard InChI is InChI=1S/C13H24N2S/c1-4-5-6-11(14)12-9-16-13(15-12)8-7-10(2)3/h9-11H,4-8,14H2,1-3H3. The van der Waals surface area contributed by atoms with Crippen molar-refractivity contribution in [1.82, 2.24) is 4.98 Å². The molecule has 16 heavy (non-hydrogen) atoms. The van der Waals surface area contributed by atoms with Crippen LogP contribution in [-0.4, -0.2) is 4.98 Å². The van der Waals surface area contributed by atoms with Crippen molar-refractivity contribution in [3.8, 4) is 0 Å². The van der Waals surface area contributed by atoms with Crippen LogP contribution in [0.15, 0.2) is 5.38 Å². The third kappa shape index (κ3) is 4.62. The molecule has 0 fully saturated rings. The van der Waals surface area contributed by atoms with Gasteiger partial charge in [0.1, 0.15) is 0 Å². The van der Waals surface area contributed by atoms with E-state index in [9.17, 15) is 0 Å². The van der Waals surface area contributed by atoms with Gasteiger partial charge in [0.25, 0.3) is 0 Å². The lowest BCUT2D eigenvalue weighted by molar-refractivity contribution is 0.576. The molecule has 3 heteroatoms. The lowest BCUT2D eigenvalue weighted by atomic mass is 10.1. The monoisotopic (exact) mass is 240 g/mol. The first-order chi connectivity index (χ1) is 7.63. The fraction of sp³-hybridized carbons (Fsp3) is 0.769. The Morgan fingerprint density at radius 3 is 2.75 bits per heavy atom. The first kappa shape index (κ1) is 13.7. The van der Waals surface area contributed by atoms with Crippen LogP contribution in [0.3, 0.4) is 0 Å². The van der Waals surface area contributed by atoms with E-state index in [4.69, 9.17) is 5.73 Å². The Labute approximate surface area is 103 Å². The number of rotatable bonds is 7. The zero-order valence-electron chi connectivity index (χ0n) is 10.7. The highest BCUT2D eigenvalue weighted by Crippen LogP contribution is 2.21. The summed E-state index contributed by atoms with van der Waals surface area (Å²) in [5.74, 6) is 0.751. The minimum absolute atomic E-state index is 0.143. The van der Waals surface area contributed by atoms with Gasteiger partial charge in [0.2, 0.25) is 0 Å². The van der Waals surface area contributed by atoms with Gasteiger partial charge in [-0.15, -0.1) is 11.3 Å². The smallest absolute Gasteiger partial charge is 0.0929 e. The summed E-state index contributed by atoms with van der Waals surface area (Å²) in [7, 11) is 0. The van der Waals surface area contributed by atoms with Crippen molar-refractivity contribution in [3.05, 3.63) is 16.1 Å². The highest BCUT2D eigenvalue weighted by molar-refractivity contribution is 7.09. The highest BCUT2D eigenvalue weighted by atomic mass is 32.1. The van der Waals surface area contributed by atoms with Crippen molar-refractivity contribution >= 4 is 11.3 Å². The minimum Gasteiger partial charge on any atom is -0.323 e. The second-order valence-corrected chi connectivity index (χ2v) is 5.79. The van der Waals surface area contributed by atoms with E-state index in [1.54, 1.807) is 11.3 Å². The van der Waals surface area contributed by atoms with E-state index in [2.05, 4.69) is 31.1 Å². The number of hydrogen-bond acceptors (Lipinski definition) is 3. The van der Waals surface area contributed by atoms with E-state index >= 15 is 0 Å². The summed E-state index contributed by atoms with van der Waals surface area (Å²) in [6.45, 7) is 6.70. The minimum atomic E-state index is 0.143. The molecule has 92 valence electrons. The maximum Gasteiger partial charge on any atom is 0.0929 e. The van der Waals surface area contributed by atoms with Gasteiger partial charge in [-0.25, -0.2) is 4.98 Å². The largest absolute Gasteiger partial charge is 0.323 e. The van der Waals surface area contributed by atoms with Crippen LogP contribution >= 0.6 is 11.3 Å². The summed E-state index contributed by atoms with van der Waals surface area (Å²) in [5.41, 5.74) is 7.19. The molecule has 0 aliphatic carbocycles. The second-order valence-electron chi connectivity index (χ2n) is 4.85. The second kappa shape index (κ2) is 7.02. The number of thiazole rings is 1. The Hall–Kier alpha value is -0.410.